The maximum absolute atomic E-state index is 11.3. The molecule has 3 heteroatoms. The van der Waals surface area contributed by atoms with Crippen molar-refractivity contribution in [3.8, 4) is 0 Å². The molecule has 0 fully saturated rings. The number of carbonyl (C=O) groups is 1. The molecule has 0 saturated heterocycles. The quantitative estimate of drug-likeness (QED) is 0.802. The van der Waals surface area contributed by atoms with E-state index in [1.165, 1.54) is 0 Å². The Labute approximate surface area is 96.7 Å². The highest BCUT2D eigenvalue weighted by atomic mass is 16.4. The SMILES string of the molecule is CCCCN(C)[C@@H](C(=O)O)c1ccccc1. The van der Waals surface area contributed by atoms with Crippen molar-refractivity contribution >= 4 is 5.97 Å². The van der Waals surface area contributed by atoms with E-state index in [0.717, 1.165) is 24.9 Å². The van der Waals surface area contributed by atoms with Crippen molar-refractivity contribution in [1.29, 1.82) is 0 Å². The second-order valence-corrected chi connectivity index (χ2v) is 3.99. The van der Waals surface area contributed by atoms with Gasteiger partial charge in [0.15, 0.2) is 0 Å². The van der Waals surface area contributed by atoms with E-state index in [1.807, 2.05) is 42.3 Å². The predicted molar refractivity (Wildman–Crippen MR) is 64.4 cm³/mol. The van der Waals surface area contributed by atoms with E-state index in [1.54, 1.807) is 0 Å². The van der Waals surface area contributed by atoms with Gasteiger partial charge < -0.3 is 5.11 Å². The minimum absolute atomic E-state index is 0.534. The summed E-state index contributed by atoms with van der Waals surface area (Å²) in [6, 6.07) is 8.84. The van der Waals surface area contributed by atoms with E-state index >= 15 is 0 Å². The third-order valence-corrected chi connectivity index (χ3v) is 2.65. The molecule has 0 aromatic heterocycles. The Morgan fingerprint density at radius 2 is 2.00 bits per heavy atom. The van der Waals surface area contributed by atoms with Crippen LogP contribution in [0.25, 0.3) is 0 Å². The van der Waals surface area contributed by atoms with E-state index in [-0.39, 0.29) is 0 Å². The van der Waals surface area contributed by atoms with Crippen LogP contribution in [-0.4, -0.2) is 29.6 Å². The van der Waals surface area contributed by atoms with Crippen LogP contribution in [-0.2, 0) is 4.79 Å². The second-order valence-electron chi connectivity index (χ2n) is 3.99. The largest absolute Gasteiger partial charge is 0.480 e. The van der Waals surface area contributed by atoms with Crippen LogP contribution in [0.5, 0.6) is 0 Å². The van der Waals surface area contributed by atoms with Gasteiger partial charge in [-0.05, 0) is 25.6 Å². The first kappa shape index (κ1) is 12.7. The fourth-order valence-corrected chi connectivity index (χ4v) is 1.76. The first-order valence-electron chi connectivity index (χ1n) is 5.64. The molecule has 1 atom stereocenters. The molecule has 3 nitrogen and oxygen atoms in total. The van der Waals surface area contributed by atoms with Gasteiger partial charge in [-0.25, -0.2) is 0 Å². The summed E-state index contributed by atoms with van der Waals surface area (Å²) in [7, 11) is 1.86. The number of likely N-dealkylation sites (N-methyl/N-ethyl adjacent to an activating group) is 1. The maximum atomic E-state index is 11.3. The molecule has 16 heavy (non-hydrogen) atoms. The average Bonchev–Trinajstić information content (AvgIpc) is 2.27. The lowest BCUT2D eigenvalue weighted by molar-refractivity contribution is -0.143. The minimum Gasteiger partial charge on any atom is -0.480 e. The first-order valence-corrected chi connectivity index (χ1v) is 5.64. The van der Waals surface area contributed by atoms with Crippen molar-refractivity contribution in [2.75, 3.05) is 13.6 Å². The highest BCUT2D eigenvalue weighted by Gasteiger charge is 2.23. The van der Waals surface area contributed by atoms with Crippen molar-refractivity contribution in [2.24, 2.45) is 0 Å². The van der Waals surface area contributed by atoms with Crippen molar-refractivity contribution in [3.05, 3.63) is 35.9 Å². The molecule has 1 N–H and O–H groups in total. The molecule has 0 unspecified atom stereocenters. The molecule has 1 aromatic rings. The van der Waals surface area contributed by atoms with Gasteiger partial charge in [0.25, 0.3) is 0 Å². The molecule has 0 heterocycles. The highest BCUT2D eigenvalue weighted by molar-refractivity contribution is 5.75. The highest BCUT2D eigenvalue weighted by Crippen LogP contribution is 2.19. The lowest BCUT2D eigenvalue weighted by Gasteiger charge is -2.24. The number of hydrogen-bond donors (Lipinski definition) is 1. The Kier molecular flexibility index (Phi) is 4.99. The van der Waals surface area contributed by atoms with Gasteiger partial charge in [-0.15, -0.1) is 0 Å². The molecule has 88 valence electrons. The number of nitrogens with zero attached hydrogens (tertiary/aromatic N) is 1. The average molecular weight is 221 g/mol. The van der Waals surface area contributed by atoms with Crippen LogP contribution in [0.3, 0.4) is 0 Å². The van der Waals surface area contributed by atoms with E-state index in [0.29, 0.717) is 0 Å². The number of benzene rings is 1. The second kappa shape index (κ2) is 6.28. The summed E-state index contributed by atoms with van der Waals surface area (Å²) in [4.78, 5) is 13.2. The number of unbranched alkanes of at least 4 members (excludes halogenated alkanes) is 1. The summed E-state index contributed by atoms with van der Waals surface area (Å²) in [6.45, 7) is 2.91. The monoisotopic (exact) mass is 221 g/mol. The van der Waals surface area contributed by atoms with Gasteiger partial charge in [-0.2, -0.15) is 0 Å². The minimum atomic E-state index is -0.787. The van der Waals surface area contributed by atoms with Crippen LogP contribution < -0.4 is 0 Å². The van der Waals surface area contributed by atoms with Gasteiger partial charge >= 0.3 is 5.97 Å². The standard InChI is InChI=1S/C13H19NO2/c1-3-4-10-14(2)12(13(15)16)11-8-6-5-7-9-11/h5-9,12H,3-4,10H2,1-2H3,(H,15,16)/t12-/m1/s1. The molecule has 0 bridgehead atoms. The van der Waals surface area contributed by atoms with Crippen LogP contribution in [0, 0.1) is 0 Å². The van der Waals surface area contributed by atoms with Gasteiger partial charge in [0.1, 0.15) is 6.04 Å². The van der Waals surface area contributed by atoms with Gasteiger partial charge in [0.2, 0.25) is 0 Å². The van der Waals surface area contributed by atoms with Gasteiger partial charge in [0, 0.05) is 0 Å². The molecule has 0 saturated carbocycles. The van der Waals surface area contributed by atoms with Gasteiger partial charge in [-0.3, -0.25) is 9.69 Å². The van der Waals surface area contributed by atoms with Crippen LogP contribution in [0.15, 0.2) is 30.3 Å². The Morgan fingerprint density at radius 3 is 2.50 bits per heavy atom. The van der Waals surface area contributed by atoms with E-state index in [4.69, 9.17) is 0 Å². The number of carboxylic acids is 1. The molecule has 0 spiro atoms. The first-order chi connectivity index (χ1) is 7.66. The summed E-state index contributed by atoms with van der Waals surface area (Å²) in [5.41, 5.74) is 0.841. The van der Waals surface area contributed by atoms with E-state index < -0.39 is 12.0 Å². The summed E-state index contributed by atoms with van der Waals surface area (Å²) < 4.78 is 0. The van der Waals surface area contributed by atoms with Crippen LogP contribution in [0.2, 0.25) is 0 Å². The van der Waals surface area contributed by atoms with Crippen molar-refractivity contribution in [2.45, 2.75) is 25.8 Å². The Hall–Kier alpha value is -1.35. The van der Waals surface area contributed by atoms with E-state index in [2.05, 4.69) is 6.92 Å². The molecule has 1 rings (SSSR count). The third kappa shape index (κ3) is 3.35. The topological polar surface area (TPSA) is 40.5 Å². The van der Waals surface area contributed by atoms with E-state index in [9.17, 15) is 9.90 Å². The number of hydrogen-bond acceptors (Lipinski definition) is 2. The molecular weight excluding hydrogens is 202 g/mol. The Morgan fingerprint density at radius 1 is 1.38 bits per heavy atom. The fraction of sp³-hybridized carbons (Fsp3) is 0.462. The molecule has 0 aliphatic heterocycles. The van der Waals surface area contributed by atoms with Crippen molar-refractivity contribution < 1.29 is 9.90 Å². The summed E-state index contributed by atoms with van der Waals surface area (Å²) in [5.74, 6) is -0.787. The lowest BCUT2D eigenvalue weighted by Crippen LogP contribution is -2.31. The lowest BCUT2D eigenvalue weighted by atomic mass is 10.1. The van der Waals surface area contributed by atoms with Crippen molar-refractivity contribution in [3.63, 3.8) is 0 Å². The summed E-state index contributed by atoms with van der Waals surface area (Å²) in [5, 5.41) is 9.25. The molecular formula is C13H19NO2. The Bertz CT molecular complexity index is 324. The molecule has 0 radical (unpaired) electrons. The maximum Gasteiger partial charge on any atom is 0.325 e. The number of carboxylic acid groups (broad SMARTS) is 1. The van der Waals surface area contributed by atoms with Gasteiger partial charge in [0.05, 0.1) is 0 Å². The predicted octanol–water partition coefficient (Wildman–Crippen LogP) is 2.54. The third-order valence-electron chi connectivity index (χ3n) is 2.65. The molecule has 0 aliphatic carbocycles. The number of rotatable bonds is 6. The normalized spacial score (nSPS) is 12.7. The molecule has 0 amide bonds. The zero-order chi connectivity index (χ0) is 12.0. The zero-order valence-electron chi connectivity index (χ0n) is 9.89. The zero-order valence-corrected chi connectivity index (χ0v) is 9.89. The molecule has 0 aliphatic rings. The summed E-state index contributed by atoms with van der Waals surface area (Å²) in [6.07, 6.45) is 2.10. The van der Waals surface area contributed by atoms with Gasteiger partial charge in [-0.1, -0.05) is 43.7 Å². The summed E-state index contributed by atoms with van der Waals surface area (Å²) >= 11 is 0. The molecule has 1 aromatic carbocycles. The van der Waals surface area contributed by atoms with Crippen LogP contribution >= 0.6 is 0 Å². The number of aliphatic carboxylic acids is 1. The van der Waals surface area contributed by atoms with Crippen LogP contribution in [0.4, 0.5) is 0 Å². The van der Waals surface area contributed by atoms with Crippen molar-refractivity contribution in [1.82, 2.24) is 4.90 Å². The van der Waals surface area contributed by atoms with Crippen LogP contribution in [0.1, 0.15) is 31.4 Å². The Balaban J connectivity index is 2.79. The fourth-order valence-electron chi connectivity index (χ4n) is 1.76. The smallest absolute Gasteiger partial charge is 0.325 e.